The molecule has 3 aromatic rings. The van der Waals surface area contributed by atoms with Crippen molar-refractivity contribution in [3.63, 3.8) is 0 Å². The van der Waals surface area contributed by atoms with E-state index in [9.17, 15) is 5.11 Å². The molecule has 1 atom stereocenters. The highest BCUT2D eigenvalue weighted by Crippen LogP contribution is 2.32. The lowest BCUT2D eigenvalue weighted by molar-refractivity contribution is 0.271. The summed E-state index contributed by atoms with van der Waals surface area (Å²) in [6.07, 6.45) is 1.83. The van der Waals surface area contributed by atoms with Crippen LogP contribution < -0.4 is 5.32 Å². The lowest BCUT2D eigenvalue weighted by Crippen LogP contribution is -2.23. The second-order valence-corrected chi connectivity index (χ2v) is 6.59. The molecule has 5 heteroatoms. The van der Waals surface area contributed by atoms with E-state index in [1.807, 2.05) is 30.3 Å². The Hall–Kier alpha value is -1.98. The zero-order valence-corrected chi connectivity index (χ0v) is 14.2. The van der Waals surface area contributed by atoms with Crippen molar-refractivity contribution in [2.24, 2.45) is 0 Å². The van der Waals surface area contributed by atoms with Gasteiger partial charge in [-0.15, -0.1) is 11.3 Å². The molecule has 2 aromatic heterocycles. The molecule has 0 saturated heterocycles. The molecule has 0 bridgehead atoms. The van der Waals surface area contributed by atoms with E-state index in [1.165, 1.54) is 4.88 Å². The number of hydrogen-bond acceptors (Lipinski definition) is 5. The van der Waals surface area contributed by atoms with Crippen molar-refractivity contribution in [3.8, 4) is 11.4 Å². The number of thiophene rings is 1. The van der Waals surface area contributed by atoms with Gasteiger partial charge in [0.05, 0.1) is 18.0 Å². The predicted octanol–water partition coefficient (Wildman–Crippen LogP) is 4.10. The van der Waals surface area contributed by atoms with Crippen LogP contribution in [0.2, 0.25) is 0 Å². The average molecular weight is 327 g/mol. The summed E-state index contributed by atoms with van der Waals surface area (Å²) in [6, 6.07) is 12.2. The third-order valence-electron chi connectivity index (χ3n) is 3.88. The number of aliphatic hydroxyl groups excluding tert-OH is 1. The quantitative estimate of drug-likeness (QED) is 0.715. The van der Waals surface area contributed by atoms with Crippen molar-refractivity contribution in [2.75, 3.05) is 11.9 Å². The summed E-state index contributed by atoms with van der Waals surface area (Å²) >= 11 is 1.71. The van der Waals surface area contributed by atoms with Gasteiger partial charge in [-0.1, -0.05) is 44.2 Å². The predicted molar refractivity (Wildman–Crippen MR) is 97.0 cm³/mol. The molecule has 0 aliphatic carbocycles. The lowest BCUT2D eigenvalue weighted by Gasteiger charge is -2.16. The van der Waals surface area contributed by atoms with Gasteiger partial charge < -0.3 is 10.4 Å². The number of aromatic nitrogens is 2. The van der Waals surface area contributed by atoms with E-state index < -0.39 is 0 Å². The van der Waals surface area contributed by atoms with Crippen LogP contribution in [0.1, 0.15) is 25.1 Å². The molecule has 0 aliphatic rings. The van der Waals surface area contributed by atoms with Gasteiger partial charge >= 0.3 is 0 Å². The molecule has 0 aliphatic heterocycles. The second-order valence-electron chi connectivity index (χ2n) is 5.48. The van der Waals surface area contributed by atoms with Crippen molar-refractivity contribution >= 4 is 27.4 Å². The van der Waals surface area contributed by atoms with Crippen molar-refractivity contribution in [2.45, 2.75) is 32.7 Å². The van der Waals surface area contributed by atoms with Crippen LogP contribution in [0.25, 0.3) is 21.6 Å². The summed E-state index contributed by atoms with van der Waals surface area (Å²) in [5, 5.41) is 13.9. The van der Waals surface area contributed by atoms with E-state index in [1.54, 1.807) is 11.3 Å². The number of nitrogens with one attached hydrogen (secondary N) is 1. The minimum absolute atomic E-state index is 0.00157. The van der Waals surface area contributed by atoms with Crippen molar-refractivity contribution in [1.82, 2.24) is 9.97 Å². The maximum absolute atomic E-state index is 9.49. The van der Waals surface area contributed by atoms with Gasteiger partial charge in [-0.25, -0.2) is 9.97 Å². The first-order valence-electron chi connectivity index (χ1n) is 7.98. The summed E-state index contributed by atoms with van der Waals surface area (Å²) in [5.41, 5.74) is 1.00. The molecule has 2 heterocycles. The first kappa shape index (κ1) is 15.9. The van der Waals surface area contributed by atoms with Crippen LogP contribution in [-0.4, -0.2) is 27.7 Å². The number of aliphatic hydroxyl groups is 1. The first-order valence-corrected chi connectivity index (χ1v) is 8.80. The number of nitrogens with zero attached hydrogens (tertiary/aromatic N) is 2. The van der Waals surface area contributed by atoms with Gasteiger partial charge in [-0.2, -0.15) is 0 Å². The largest absolute Gasteiger partial charge is 0.394 e. The summed E-state index contributed by atoms with van der Waals surface area (Å²) in [4.78, 5) is 11.7. The Morgan fingerprint density at radius 2 is 1.96 bits per heavy atom. The number of rotatable bonds is 6. The molecule has 0 radical (unpaired) electrons. The van der Waals surface area contributed by atoms with Gasteiger partial charge in [0.1, 0.15) is 10.6 Å². The van der Waals surface area contributed by atoms with Gasteiger partial charge in [-0.3, -0.25) is 0 Å². The molecular weight excluding hydrogens is 306 g/mol. The van der Waals surface area contributed by atoms with Gasteiger partial charge in [0.25, 0.3) is 0 Å². The fraction of sp³-hybridized carbons (Fsp3) is 0.333. The highest BCUT2D eigenvalue weighted by Gasteiger charge is 2.15. The van der Waals surface area contributed by atoms with E-state index in [0.717, 1.165) is 40.3 Å². The van der Waals surface area contributed by atoms with Gasteiger partial charge in [0.15, 0.2) is 5.82 Å². The Morgan fingerprint density at radius 3 is 2.61 bits per heavy atom. The summed E-state index contributed by atoms with van der Waals surface area (Å²) in [5.74, 6) is 1.53. The van der Waals surface area contributed by atoms with Crippen LogP contribution in [0.15, 0.2) is 36.4 Å². The van der Waals surface area contributed by atoms with Crippen LogP contribution in [0, 0.1) is 0 Å². The standard InChI is InChI=1S/C18H21N3OS/c1-3-13(11-22)19-17-15-10-14(4-2)23-18(15)21-16(20-17)12-8-6-5-7-9-12/h5-10,13,22H,3-4,11H2,1-2H3,(H,19,20,21). The van der Waals surface area contributed by atoms with Gasteiger partial charge in [-0.05, 0) is 18.9 Å². The molecule has 0 amide bonds. The van der Waals surface area contributed by atoms with Crippen molar-refractivity contribution in [3.05, 3.63) is 41.3 Å². The molecular formula is C18H21N3OS. The number of anilines is 1. The molecule has 23 heavy (non-hydrogen) atoms. The maximum Gasteiger partial charge on any atom is 0.163 e. The zero-order chi connectivity index (χ0) is 16.2. The third kappa shape index (κ3) is 3.35. The number of fused-ring (bicyclic) bond motifs is 1. The molecule has 1 aromatic carbocycles. The van der Waals surface area contributed by atoms with E-state index in [0.29, 0.717) is 0 Å². The van der Waals surface area contributed by atoms with Crippen molar-refractivity contribution in [1.29, 1.82) is 0 Å². The summed E-state index contributed by atoms with van der Waals surface area (Å²) in [7, 11) is 0. The fourth-order valence-corrected chi connectivity index (χ4v) is 3.41. The molecule has 2 N–H and O–H groups in total. The highest BCUT2D eigenvalue weighted by atomic mass is 32.1. The summed E-state index contributed by atoms with van der Waals surface area (Å²) in [6.45, 7) is 4.29. The van der Waals surface area contributed by atoms with Crippen LogP contribution in [0.3, 0.4) is 0 Å². The SMILES string of the molecule is CCc1cc2c(NC(CC)CO)nc(-c3ccccc3)nc2s1. The van der Waals surface area contributed by atoms with E-state index in [-0.39, 0.29) is 12.6 Å². The topological polar surface area (TPSA) is 58.0 Å². The van der Waals surface area contributed by atoms with Gasteiger partial charge in [0, 0.05) is 10.4 Å². The first-order chi connectivity index (χ1) is 11.2. The van der Waals surface area contributed by atoms with Crippen LogP contribution >= 0.6 is 11.3 Å². The third-order valence-corrected chi connectivity index (χ3v) is 5.05. The van der Waals surface area contributed by atoms with E-state index in [4.69, 9.17) is 9.97 Å². The van der Waals surface area contributed by atoms with Crippen molar-refractivity contribution < 1.29 is 5.11 Å². The second kappa shape index (κ2) is 7.06. The Labute approximate surface area is 140 Å². The highest BCUT2D eigenvalue weighted by molar-refractivity contribution is 7.18. The minimum atomic E-state index is 0.00157. The maximum atomic E-state index is 9.49. The molecule has 120 valence electrons. The van der Waals surface area contributed by atoms with Crippen LogP contribution in [0.5, 0.6) is 0 Å². The van der Waals surface area contributed by atoms with Crippen LogP contribution in [-0.2, 0) is 6.42 Å². The fourth-order valence-electron chi connectivity index (χ4n) is 2.44. The summed E-state index contributed by atoms with van der Waals surface area (Å²) < 4.78 is 0. The van der Waals surface area contributed by atoms with Crippen LogP contribution in [0.4, 0.5) is 5.82 Å². The molecule has 3 rings (SSSR count). The molecule has 0 fully saturated rings. The Kier molecular flexibility index (Phi) is 4.88. The Bertz CT molecular complexity index is 782. The number of aryl methyl sites for hydroxylation is 1. The van der Waals surface area contributed by atoms with Gasteiger partial charge in [0.2, 0.25) is 0 Å². The molecule has 0 spiro atoms. The average Bonchev–Trinajstić information content (AvgIpc) is 3.03. The Balaban J connectivity index is 2.12. The Morgan fingerprint density at radius 1 is 1.17 bits per heavy atom. The molecule has 0 saturated carbocycles. The lowest BCUT2D eigenvalue weighted by atomic mass is 10.2. The monoisotopic (exact) mass is 327 g/mol. The number of benzene rings is 1. The molecule has 1 unspecified atom stereocenters. The van der Waals surface area contributed by atoms with E-state index >= 15 is 0 Å². The van der Waals surface area contributed by atoms with E-state index in [2.05, 4.69) is 25.2 Å². The minimum Gasteiger partial charge on any atom is -0.394 e. The normalized spacial score (nSPS) is 12.5. The zero-order valence-electron chi connectivity index (χ0n) is 13.4. The number of hydrogen-bond donors (Lipinski definition) is 2. The smallest absolute Gasteiger partial charge is 0.163 e. The molecule has 4 nitrogen and oxygen atoms in total.